The Hall–Kier alpha value is -0.160. The van der Waals surface area contributed by atoms with Crippen LogP contribution in [0.15, 0.2) is 0 Å². The van der Waals surface area contributed by atoms with Gasteiger partial charge < -0.3 is 14.8 Å². The van der Waals surface area contributed by atoms with Gasteiger partial charge in [0.25, 0.3) is 0 Å². The van der Waals surface area contributed by atoms with Gasteiger partial charge in [-0.15, -0.1) is 0 Å². The molecule has 2 heterocycles. The molecule has 0 aliphatic carbocycles. The van der Waals surface area contributed by atoms with Crippen LogP contribution >= 0.6 is 0 Å². The van der Waals surface area contributed by atoms with E-state index in [1.807, 2.05) is 0 Å². The van der Waals surface area contributed by atoms with Gasteiger partial charge in [-0.2, -0.15) is 0 Å². The van der Waals surface area contributed by atoms with Crippen LogP contribution < -0.4 is 5.32 Å². The Morgan fingerprint density at radius 3 is 3.00 bits per heavy atom. The zero-order chi connectivity index (χ0) is 12.8. The summed E-state index contributed by atoms with van der Waals surface area (Å²) in [6.07, 6.45) is 2.73. The molecule has 0 saturated carbocycles. The Morgan fingerprint density at radius 2 is 2.28 bits per heavy atom. The number of nitrogens with zero attached hydrogens (tertiary/aromatic N) is 1. The predicted molar refractivity (Wildman–Crippen MR) is 72.9 cm³/mol. The molecule has 1 N–H and O–H groups in total. The van der Waals surface area contributed by atoms with Crippen molar-refractivity contribution >= 4 is 0 Å². The van der Waals surface area contributed by atoms with Crippen molar-refractivity contribution in [3.63, 3.8) is 0 Å². The SMILES string of the molecule is CCNC(CN1CCCOC(C)C1)C1CCOC1. The molecule has 4 heteroatoms. The lowest BCUT2D eigenvalue weighted by Crippen LogP contribution is -2.47. The van der Waals surface area contributed by atoms with Gasteiger partial charge in [0.15, 0.2) is 0 Å². The Labute approximate surface area is 111 Å². The number of hydrogen-bond donors (Lipinski definition) is 1. The minimum atomic E-state index is 0.370. The second kappa shape index (κ2) is 7.43. The maximum atomic E-state index is 5.71. The van der Waals surface area contributed by atoms with Gasteiger partial charge in [-0.3, -0.25) is 4.90 Å². The monoisotopic (exact) mass is 256 g/mol. The molecule has 0 amide bonds. The van der Waals surface area contributed by atoms with Gasteiger partial charge in [-0.05, 0) is 26.3 Å². The van der Waals surface area contributed by atoms with Crippen LogP contribution in [0, 0.1) is 5.92 Å². The van der Waals surface area contributed by atoms with Crippen LogP contribution in [0.25, 0.3) is 0 Å². The smallest absolute Gasteiger partial charge is 0.0673 e. The number of nitrogens with one attached hydrogen (secondary N) is 1. The van der Waals surface area contributed by atoms with Crippen LogP contribution in [0.3, 0.4) is 0 Å². The third-order valence-electron chi connectivity index (χ3n) is 3.99. The highest BCUT2D eigenvalue weighted by atomic mass is 16.5. The first kappa shape index (κ1) is 14.3. The molecule has 106 valence electrons. The molecule has 3 unspecified atom stereocenters. The van der Waals surface area contributed by atoms with Crippen LogP contribution in [-0.4, -0.2) is 63.0 Å². The molecule has 2 aliphatic rings. The topological polar surface area (TPSA) is 33.7 Å². The fraction of sp³-hybridized carbons (Fsp3) is 1.00. The molecule has 2 rings (SSSR count). The van der Waals surface area contributed by atoms with E-state index in [-0.39, 0.29) is 0 Å². The van der Waals surface area contributed by atoms with Gasteiger partial charge in [0.2, 0.25) is 0 Å². The van der Waals surface area contributed by atoms with Gasteiger partial charge >= 0.3 is 0 Å². The molecule has 0 aromatic rings. The van der Waals surface area contributed by atoms with Crippen LogP contribution in [0.1, 0.15) is 26.7 Å². The van der Waals surface area contributed by atoms with Crippen LogP contribution in [-0.2, 0) is 9.47 Å². The summed E-state index contributed by atoms with van der Waals surface area (Å²) in [5, 5.41) is 3.64. The van der Waals surface area contributed by atoms with Crippen LogP contribution in [0.4, 0.5) is 0 Å². The molecule has 0 aromatic heterocycles. The lowest BCUT2D eigenvalue weighted by atomic mass is 9.98. The van der Waals surface area contributed by atoms with Crippen molar-refractivity contribution in [2.24, 2.45) is 5.92 Å². The third kappa shape index (κ3) is 4.19. The fourth-order valence-electron chi connectivity index (χ4n) is 3.04. The molecule has 18 heavy (non-hydrogen) atoms. The number of ether oxygens (including phenoxy) is 2. The average molecular weight is 256 g/mol. The summed E-state index contributed by atoms with van der Waals surface area (Å²) in [6, 6.07) is 0.572. The predicted octanol–water partition coefficient (Wildman–Crippen LogP) is 1.11. The Morgan fingerprint density at radius 1 is 1.39 bits per heavy atom. The molecule has 2 aliphatic heterocycles. The lowest BCUT2D eigenvalue weighted by molar-refractivity contribution is 0.0648. The van der Waals surface area contributed by atoms with E-state index in [1.165, 1.54) is 13.0 Å². The van der Waals surface area contributed by atoms with Crippen molar-refractivity contribution in [1.29, 1.82) is 0 Å². The third-order valence-corrected chi connectivity index (χ3v) is 3.99. The molecule has 0 spiro atoms. The highest BCUT2D eigenvalue weighted by Gasteiger charge is 2.27. The van der Waals surface area contributed by atoms with Crippen molar-refractivity contribution < 1.29 is 9.47 Å². The normalized spacial score (nSPS) is 32.3. The van der Waals surface area contributed by atoms with Crippen molar-refractivity contribution in [2.75, 3.05) is 46.0 Å². The molecule has 2 fully saturated rings. The zero-order valence-electron chi connectivity index (χ0n) is 11.9. The summed E-state index contributed by atoms with van der Waals surface area (Å²) in [5.41, 5.74) is 0. The van der Waals surface area contributed by atoms with Crippen molar-refractivity contribution in [3.8, 4) is 0 Å². The zero-order valence-corrected chi connectivity index (χ0v) is 11.9. The van der Waals surface area contributed by atoms with E-state index in [0.29, 0.717) is 18.1 Å². The molecule has 2 saturated heterocycles. The van der Waals surface area contributed by atoms with Gasteiger partial charge in [0.1, 0.15) is 0 Å². The second-order valence-corrected chi connectivity index (χ2v) is 5.58. The minimum Gasteiger partial charge on any atom is -0.381 e. The van der Waals surface area contributed by atoms with E-state index < -0.39 is 0 Å². The van der Waals surface area contributed by atoms with Crippen LogP contribution in [0.2, 0.25) is 0 Å². The molecular weight excluding hydrogens is 228 g/mol. The molecule has 0 radical (unpaired) electrons. The van der Waals surface area contributed by atoms with Crippen molar-refractivity contribution in [2.45, 2.75) is 38.8 Å². The van der Waals surface area contributed by atoms with Gasteiger partial charge in [0, 0.05) is 44.8 Å². The molecule has 4 nitrogen and oxygen atoms in total. The molecule has 3 atom stereocenters. The summed E-state index contributed by atoms with van der Waals surface area (Å²) in [4.78, 5) is 2.56. The Kier molecular flexibility index (Phi) is 5.89. The lowest BCUT2D eigenvalue weighted by Gasteiger charge is -2.30. The summed E-state index contributed by atoms with van der Waals surface area (Å²) < 4.78 is 11.2. The number of likely N-dealkylation sites (N-methyl/N-ethyl adjacent to an activating group) is 1. The summed E-state index contributed by atoms with van der Waals surface area (Å²) in [7, 11) is 0. The maximum Gasteiger partial charge on any atom is 0.0673 e. The first-order valence-electron chi connectivity index (χ1n) is 7.44. The number of rotatable bonds is 5. The minimum absolute atomic E-state index is 0.370. The van der Waals surface area contributed by atoms with E-state index in [4.69, 9.17) is 9.47 Å². The molecular formula is C14H28N2O2. The average Bonchev–Trinajstić information content (AvgIpc) is 2.80. The second-order valence-electron chi connectivity index (χ2n) is 5.58. The first-order chi connectivity index (χ1) is 8.79. The quantitative estimate of drug-likeness (QED) is 0.799. The van der Waals surface area contributed by atoms with E-state index in [0.717, 1.165) is 45.9 Å². The standard InChI is InChI=1S/C14H28N2O2/c1-3-15-14(13-5-8-17-11-13)10-16-6-4-7-18-12(2)9-16/h12-15H,3-11H2,1-2H3. The Bertz CT molecular complexity index is 232. The van der Waals surface area contributed by atoms with Gasteiger partial charge in [-0.1, -0.05) is 6.92 Å². The van der Waals surface area contributed by atoms with E-state index >= 15 is 0 Å². The molecule has 0 bridgehead atoms. The first-order valence-corrected chi connectivity index (χ1v) is 7.44. The largest absolute Gasteiger partial charge is 0.381 e. The highest BCUT2D eigenvalue weighted by molar-refractivity contribution is 4.83. The van der Waals surface area contributed by atoms with Gasteiger partial charge in [-0.25, -0.2) is 0 Å². The Balaban J connectivity index is 1.85. The van der Waals surface area contributed by atoms with Crippen LogP contribution in [0.5, 0.6) is 0 Å². The summed E-state index contributed by atoms with van der Waals surface area (Å²) in [6.45, 7) is 11.6. The van der Waals surface area contributed by atoms with Gasteiger partial charge in [0.05, 0.1) is 12.7 Å². The maximum absolute atomic E-state index is 5.71. The fourth-order valence-corrected chi connectivity index (χ4v) is 3.04. The van der Waals surface area contributed by atoms with E-state index in [1.54, 1.807) is 0 Å². The number of hydrogen-bond acceptors (Lipinski definition) is 4. The highest BCUT2D eigenvalue weighted by Crippen LogP contribution is 2.18. The molecule has 0 aromatic carbocycles. The summed E-state index contributed by atoms with van der Waals surface area (Å²) >= 11 is 0. The van der Waals surface area contributed by atoms with E-state index in [2.05, 4.69) is 24.1 Å². The summed E-state index contributed by atoms with van der Waals surface area (Å²) in [5.74, 6) is 0.685. The van der Waals surface area contributed by atoms with Crippen molar-refractivity contribution in [1.82, 2.24) is 10.2 Å². The van der Waals surface area contributed by atoms with E-state index in [9.17, 15) is 0 Å². The van der Waals surface area contributed by atoms with Crippen molar-refractivity contribution in [3.05, 3.63) is 0 Å².